The summed E-state index contributed by atoms with van der Waals surface area (Å²) in [5.41, 5.74) is 6.24. The highest BCUT2D eigenvalue weighted by Gasteiger charge is 2.31. The highest BCUT2D eigenvalue weighted by atomic mass is 19.1. The topological polar surface area (TPSA) is 49.6 Å². The van der Waals surface area contributed by atoms with Crippen molar-refractivity contribution in [1.29, 1.82) is 0 Å². The summed E-state index contributed by atoms with van der Waals surface area (Å²) >= 11 is 0. The van der Waals surface area contributed by atoms with Crippen LogP contribution in [0.25, 0.3) is 0 Å². The third-order valence-corrected chi connectivity index (χ3v) is 4.90. The normalized spacial score (nSPS) is 25.5. The van der Waals surface area contributed by atoms with Crippen molar-refractivity contribution in [2.75, 3.05) is 31.1 Å². The van der Waals surface area contributed by atoms with Crippen molar-refractivity contribution in [3.8, 4) is 0 Å². The molecule has 4 nitrogen and oxygen atoms in total. The number of rotatable bonds is 2. The summed E-state index contributed by atoms with van der Waals surface area (Å²) in [6, 6.07) is 3.60. The highest BCUT2D eigenvalue weighted by Crippen LogP contribution is 2.26. The van der Waals surface area contributed by atoms with Gasteiger partial charge in [0.25, 0.3) is 0 Å². The van der Waals surface area contributed by atoms with Crippen molar-refractivity contribution in [2.45, 2.75) is 31.7 Å². The minimum atomic E-state index is -0.448. The Kier molecular flexibility index (Phi) is 4.80. The molecule has 2 fully saturated rings. The second-order valence-corrected chi connectivity index (χ2v) is 6.53. The van der Waals surface area contributed by atoms with E-state index in [4.69, 9.17) is 5.73 Å². The third-order valence-electron chi connectivity index (χ3n) is 4.90. The number of hydrogen-bond donors (Lipinski definition) is 1. The molecule has 1 aliphatic heterocycles. The van der Waals surface area contributed by atoms with E-state index in [9.17, 15) is 13.6 Å². The number of carbonyl (C=O) groups is 1. The summed E-state index contributed by atoms with van der Waals surface area (Å²) < 4.78 is 27.2. The number of benzene rings is 1. The Morgan fingerprint density at radius 2 is 1.87 bits per heavy atom. The van der Waals surface area contributed by atoms with Gasteiger partial charge in [0.2, 0.25) is 5.91 Å². The fraction of sp³-hybridized carbons (Fsp3) is 0.588. The van der Waals surface area contributed by atoms with Gasteiger partial charge in [0, 0.05) is 44.2 Å². The Hall–Kier alpha value is -1.69. The molecule has 23 heavy (non-hydrogen) atoms. The Bertz CT molecular complexity index is 573. The molecule has 0 radical (unpaired) electrons. The third kappa shape index (κ3) is 3.63. The summed E-state index contributed by atoms with van der Waals surface area (Å²) in [4.78, 5) is 16.2. The molecule has 1 saturated heterocycles. The Morgan fingerprint density at radius 3 is 2.57 bits per heavy atom. The number of anilines is 1. The average Bonchev–Trinajstić information content (AvgIpc) is 2.56. The van der Waals surface area contributed by atoms with Crippen LogP contribution in [0.1, 0.15) is 25.7 Å². The zero-order valence-corrected chi connectivity index (χ0v) is 13.2. The molecule has 2 atom stereocenters. The van der Waals surface area contributed by atoms with Crippen LogP contribution >= 0.6 is 0 Å². The number of hydrogen-bond acceptors (Lipinski definition) is 3. The van der Waals surface area contributed by atoms with Crippen LogP contribution < -0.4 is 10.6 Å². The van der Waals surface area contributed by atoms with Crippen LogP contribution in [0.5, 0.6) is 0 Å². The molecule has 0 bridgehead atoms. The number of amides is 1. The predicted molar refractivity (Wildman–Crippen MR) is 85.1 cm³/mol. The van der Waals surface area contributed by atoms with Gasteiger partial charge in [0.15, 0.2) is 0 Å². The summed E-state index contributed by atoms with van der Waals surface area (Å²) in [5, 5.41) is 0. The number of halogens is 2. The maximum atomic E-state index is 13.8. The molecule has 3 rings (SSSR count). The fourth-order valence-electron chi connectivity index (χ4n) is 3.61. The zero-order valence-electron chi connectivity index (χ0n) is 13.2. The zero-order chi connectivity index (χ0) is 16.4. The van der Waals surface area contributed by atoms with Crippen molar-refractivity contribution in [3.63, 3.8) is 0 Å². The van der Waals surface area contributed by atoms with Crippen molar-refractivity contribution in [3.05, 3.63) is 29.8 Å². The van der Waals surface area contributed by atoms with E-state index < -0.39 is 11.6 Å². The van der Waals surface area contributed by atoms with Crippen molar-refractivity contribution < 1.29 is 13.6 Å². The van der Waals surface area contributed by atoms with E-state index in [0.717, 1.165) is 37.8 Å². The second-order valence-electron chi connectivity index (χ2n) is 6.53. The first-order valence-corrected chi connectivity index (χ1v) is 8.29. The minimum absolute atomic E-state index is 0.0243. The van der Waals surface area contributed by atoms with Gasteiger partial charge in [-0.1, -0.05) is 6.42 Å². The number of nitrogens with zero attached hydrogens (tertiary/aromatic N) is 2. The van der Waals surface area contributed by atoms with Gasteiger partial charge in [-0.25, -0.2) is 8.78 Å². The lowest BCUT2D eigenvalue weighted by molar-refractivity contribution is -0.137. The van der Waals surface area contributed by atoms with Crippen LogP contribution in [0.15, 0.2) is 18.2 Å². The van der Waals surface area contributed by atoms with Crippen LogP contribution in [0, 0.1) is 17.6 Å². The standard InChI is InChI=1S/C17H23F2N3O/c18-13-4-5-15(19)16(11-13)21-6-8-22(9-7-21)17(23)12-2-1-3-14(20)10-12/h4-5,11-12,14H,1-3,6-10,20H2/t12-,14+/m1/s1. The second kappa shape index (κ2) is 6.83. The molecule has 2 N–H and O–H groups in total. The first-order chi connectivity index (χ1) is 11.0. The first kappa shape index (κ1) is 16.2. The van der Waals surface area contributed by atoms with Crippen LogP contribution in [-0.2, 0) is 4.79 Å². The molecule has 1 heterocycles. The predicted octanol–water partition coefficient (Wildman–Crippen LogP) is 2.13. The molecule has 126 valence electrons. The smallest absolute Gasteiger partial charge is 0.225 e. The molecule has 1 aliphatic carbocycles. The SMILES string of the molecule is N[C@H]1CCC[C@@H](C(=O)N2CCN(c3cc(F)ccc3F)CC2)C1. The van der Waals surface area contributed by atoms with Crippen LogP contribution in [0.3, 0.4) is 0 Å². The van der Waals surface area contributed by atoms with Gasteiger partial charge in [-0.2, -0.15) is 0 Å². The van der Waals surface area contributed by atoms with E-state index in [2.05, 4.69) is 0 Å². The van der Waals surface area contributed by atoms with Gasteiger partial charge in [-0.3, -0.25) is 4.79 Å². The van der Waals surface area contributed by atoms with Crippen molar-refractivity contribution in [1.82, 2.24) is 4.90 Å². The molecule has 1 aromatic rings. The molecule has 6 heteroatoms. The summed E-state index contributed by atoms with van der Waals surface area (Å²) in [5.74, 6) is -0.684. The quantitative estimate of drug-likeness (QED) is 0.907. The highest BCUT2D eigenvalue weighted by molar-refractivity contribution is 5.79. The number of nitrogens with two attached hydrogens (primary N) is 1. The van der Waals surface area contributed by atoms with E-state index >= 15 is 0 Å². The van der Waals surface area contributed by atoms with E-state index in [0.29, 0.717) is 26.2 Å². The van der Waals surface area contributed by atoms with Gasteiger partial charge in [-0.05, 0) is 31.4 Å². The molecule has 2 aliphatic rings. The van der Waals surface area contributed by atoms with Crippen LogP contribution in [0.4, 0.5) is 14.5 Å². The van der Waals surface area contributed by atoms with E-state index in [1.54, 1.807) is 4.90 Å². The molecule has 1 amide bonds. The van der Waals surface area contributed by atoms with E-state index in [1.807, 2.05) is 4.90 Å². The van der Waals surface area contributed by atoms with Gasteiger partial charge in [0.1, 0.15) is 11.6 Å². The van der Waals surface area contributed by atoms with Gasteiger partial charge in [-0.15, -0.1) is 0 Å². The van der Waals surface area contributed by atoms with Crippen LogP contribution in [0.2, 0.25) is 0 Å². The molecule has 0 unspecified atom stereocenters. The average molecular weight is 323 g/mol. The first-order valence-electron chi connectivity index (χ1n) is 8.29. The molecular formula is C17H23F2N3O. The van der Waals surface area contributed by atoms with E-state index in [-0.39, 0.29) is 23.6 Å². The summed E-state index contributed by atoms with van der Waals surface area (Å²) in [7, 11) is 0. The lowest BCUT2D eigenvalue weighted by Crippen LogP contribution is -2.51. The largest absolute Gasteiger partial charge is 0.366 e. The Labute approximate surface area is 135 Å². The maximum Gasteiger partial charge on any atom is 0.225 e. The Balaban J connectivity index is 1.59. The number of piperazine rings is 1. The van der Waals surface area contributed by atoms with Gasteiger partial charge >= 0.3 is 0 Å². The Morgan fingerprint density at radius 1 is 1.13 bits per heavy atom. The minimum Gasteiger partial charge on any atom is -0.366 e. The molecule has 0 spiro atoms. The molecule has 1 aromatic carbocycles. The molecular weight excluding hydrogens is 300 g/mol. The summed E-state index contributed by atoms with van der Waals surface area (Å²) in [6.45, 7) is 2.12. The van der Waals surface area contributed by atoms with Gasteiger partial charge in [0.05, 0.1) is 5.69 Å². The monoisotopic (exact) mass is 323 g/mol. The lowest BCUT2D eigenvalue weighted by Gasteiger charge is -2.38. The van der Waals surface area contributed by atoms with Gasteiger partial charge < -0.3 is 15.5 Å². The summed E-state index contributed by atoms with van der Waals surface area (Å²) in [6.07, 6.45) is 3.67. The van der Waals surface area contributed by atoms with Crippen molar-refractivity contribution in [2.24, 2.45) is 11.7 Å². The lowest BCUT2D eigenvalue weighted by atomic mass is 9.85. The number of carbonyl (C=O) groups excluding carboxylic acids is 1. The maximum absolute atomic E-state index is 13.8. The fourth-order valence-corrected chi connectivity index (χ4v) is 3.61. The molecule has 1 saturated carbocycles. The van der Waals surface area contributed by atoms with Crippen LogP contribution in [-0.4, -0.2) is 43.0 Å². The molecule has 0 aromatic heterocycles. The van der Waals surface area contributed by atoms with Crippen molar-refractivity contribution >= 4 is 11.6 Å². The van der Waals surface area contributed by atoms with E-state index in [1.165, 1.54) is 6.07 Å².